The van der Waals surface area contributed by atoms with Gasteiger partial charge in [-0.1, -0.05) is 17.8 Å². The highest BCUT2D eigenvalue weighted by Gasteiger charge is 2.35. The summed E-state index contributed by atoms with van der Waals surface area (Å²) in [7, 11) is 3.18. The third-order valence-electron chi connectivity index (χ3n) is 5.08. The van der Waals surface area contributed by atoms with Crippen molar-refractivity contribution in [3.05, 3.63) is 30.0 Å². The van der Waals surface area contributed by atoms with Gasteiger partial charge in [-0.15, -0.1) is 10.2 Å². The first-order chi connectivity index (χ1) is 14.2. The van der Waals surface area contributed by atoms with Crippen LogP contribution in [0.2, 0.25) is 0 Å². The molecule has 8 heteroatoms. The van der Waals surface area contributed by atoms with E-state index in [4.69, 9.17) is 13.9 Å². The SMILES string of the molecule is COc1cc(OC)cc(-c2nnc(SCC(=O)N(C3=CCCCC3)C3CC3)o2)c1. The van der Waals surface area contributed by atoms with E-state index < -0.39 is 0 Å². The van der Waals surface area contributed by atoms with Crippen molar-refractivity contribution in [1.82, 2.24) is 15.1 Å². The lowest BCUT2D eigenvalue weighted by Crippen LogP contribution is -2.34. The molecule has 154 valence electrons. The largest absolute Gasteiger partial charge is 0.497 e. The Morgan fingerprint density at radius 1 is 1.17 bits per heavy atom. The minimum atomic E-state index is 0.119. The number of carbonyl (C=O) groups is 1. The van der Waals surface area contributed by atoms with Gasteiger partial charge in [0.05, 0.1) is 20.0 Å². The standard InChI is InChI=1S/C21H25N3O4S/c1-26-17-10-14(11-18(12-17)27-2)20-22-23-21(28-20)29-13-19(25)24(16-8-9-16)15-6-4-3-5-7-15/h6,10-12,16H,3-5,7-9,13H2,1-2H3. The first-order valence-corrected chi connectivity index (χ1v) is 10.9. The van der Waals surface area contributed by atoms with Crippen molar-refractivity contribution in [2.75, 3.05) is 20.0 Å². The van der Waals surface area contributed by atoms with Crippen molar-refractivity contribution >= 4 is 17.7 Å². The van der Waals surface area contributed by atoms with Crippen LogP contribution in [-0.2, 0) is 4.79 Å². The summed E-state index contributed by atoms with van der Waals surface area (Å²) in [6, 6.07) is 5.76. The van der Waals surface area contributed by atoms with Gasteiger partial charge in [-0.2, -0.15) is 0 Å². The molecule has 0 spiro atoms. The second kappa shape index (κ2) is 8.90. The van der Waals surface area contributed by atoms with Gasteiger partial charge < -0.3 is 18.8 Å². The zero-order chi connectivity index (χ0) is 20.2. The van der Waals surface area contributed by atoms with E-state index in [-0.39, 0.29) is 11.7 Å². The van der Waals surface area contributed by atoms with Crippen molar-refractivity contribution in [2.24, 2.45) is 0 Å². The van der Waals surface area contributed by atoms with Crippen molar-refractivity contribution < 1.29 is 18.7 Å². The molecule has 0 aliphatic heterocycles. The average Bonchev–Trinajstić information content (AvgIpc) is 3.48. The second-order valence-electron chi connectivity index (χ2n) is 7.20. The molecule has 0 atom stereocenters. The van der Waals surface area contributed by atoms with Crippen LogP contribution >= 0.6 is 11.8 Å². The molecule has 2 aromatic rings. The van der Waals surface area contributed by atoms with E-state index in [1.165, 1.54) is 23.9 Å². The van der Waals surface area contributed by atoms with Crippen LogP contribution in [0.4, 0.5) is 0 Å². The fourth-order valence-electron chi connectivity index (χ4n) is 3.48. The third-order valence-corrected chi connectivity index (χ3v) is 5.88. The van der Waals surface area contributed by atoms with Crippen LogP contribution in [0.15, 0.2) is 39.6 Å². The summed E-state index contributed by atoms with van der Waals surface area (Å²) in [5, 5.41) is 8.58. The minimum absolute atomic E-state index is 0.119. The van der Waals surface area contributed by atoms with Gasteiger partial charge in [-0.05, 0) is 50.7 Å². The van der Waals surface area contributed by atoms with E-state index in [9.17, 15) is 4.79 Å². The van der Waals surface area contributed by atoms with Crippen molar-refractivity contribution in [2.45, 2.75) is 49.8 Å². The number of nitrogens with zero attached hydrogens (tertiary/aromatic N) is 3. The third kappa shape index (κ3) is 4.75. The van der Waals surface area contributed by atoms with Gasteiger partial charge in [-0.25, -0.2) is 0 Å². The van der Waals surface area contributed by atoms with E-state index in [0.29, 0.717) is 34.2 Å². The highest BCUT2D eigenvalue weighted by Crippen LogP contribution is 2.35. The number of rotatable bonds is 8. The Hall–Kier alpha value is -2.48. The van der Waals surface area contributed by atoms with Crippen LogP contribution in [0.3, 0.4) is 0 Å². The van der Waals surface area contributed by atoms with Gasteiger partial charge in [0, 0.05) is 23.4 Å². The quantitative estimate of drug-likeness (QED) is 0.595. The molecule has 2 aliphatic rings. The number of ether oxygens (including phenoxy) is 2. The topological polar surface area (TPSA) is 77.7 Å². The molecule has 1 saturated carbocycles. The fourth-order valence-corrected chi connectivity index (χ4v) is 4.10. The number of methoxy groups -OCH3 is 2. The lowest BCUT2D eigenvalue weighted by molar-refractivity contribution is -0.127. The molecule has 2 aliphatic carbocycles. The minimum Gasteiger partial charge on any atom is -0.497 e. The maximum atomic E-state index is 12.9. The Balaban J connectivity index is 1.43. The molecular formula is C21H25N3O4S. The summed E-state index contributed by atoms with van der Waals surface area (Å²) >= 11 is 1.28. The molecule has 0 unspecified atom stereocenters. The maximum Gasteiger partial charge on any atom is 0.277 e. The van der Waals surface area contributed by atoms with E-state index in [0.717, 1.165) is 32.1 Å². The summed E-state index contributed by atoms with van der Waals surface area (Å²) < 4.78 is 16.3. The Kier molecular flexibility index (Phi) is 6.08. The molecule has 0 N–H and O–H groups in total. The van der Waals surface area contributed by atoms with Crippen LogP contribution in [0.25, 0.3) is 11.5 Å². The van der Waals surface area contributed by atoms with E-state index in [1.807, 2.05) is 4.90 Å². The molecule has 1 heterocycles. The molecule has 0 radical (unpaired) electrons. The predicted molar refractivity (Wildman–Crippen MR) is 110 cm³/mol. The number of thioether (sulfide) groups is 1. The van der Waals surface area contributed by atoms with Crippen molar-refractivity contribution in [3.8, 4) is 23.0 Å². The second-order valence-corrected chi connectivity index (χ2v) is 8.13. The molecule has 1 aromatic heterocycles. The number of amides is 1. The predicted octanol–water partition coefficient (Wildman–Crippen LogP) is 4.29. The molecule has 1 amide bonds. The zero-order valence-corrected chi connectivity index (χ0v) is 17.5. The Labute approximate surface area is 174 Å². The van der Waals surface area contributed by atoms with Crippen LogP contribution in [0.5, 0.6) is 11.5 Å². The van der Waals surface area contributed by atoms with E-state index in [1.54, 1.807) is 32.4 Å². The number of benzene rings is 1. The summed E-state index contributed by atoms with van der Waals surface area (Å²) in [6.45, 7) is 0. The van der Waals surface area contributed by atoms with Crippen molar-refractivity contribution in [1.29, 1.82) is 0 Å². The summed E-state index contributed by atoms with van der Waals surface area (Å²) in [5.74, 6) is 2.06. The molecule has 29 heavy (non-hydrogen) atoms. The highest BCUT2D eigenvalue weighted by molar-refractivity contribution is 7.99. The fraction of sp³-hybridized carbons (Fsp3) is 0.476. The number of allylic oxidation sites excluding steroid dienone is 2. The van der Waals surface area contributed by atoms with Gasteiger partial charge in [0.15, 0.2) is 0 Å². The first kappa shape index (κ1) is 19.8. The van der Waals surface area contributed by atoms with E-state index in [2.05, 4.69) is 16.3 Å². The Morgan fingerprint density at radius 3 is 2.55 bits per heavy atom. The molecule has 0 bridgehead atoms. The van der Waals surface area contributed by atoms with Gasteiger partial charge in [0.25, 0.3) is 5.22 Å². The summed E-state index contributed by atoms with van der Waals surface area (Å²) in [6.07, 6.45) is 8.85. The van der Waals surface area contributed by atoms with Gasteiger partial charge in [-0.3, -0.25) is 4.79 Å². The normalized spacial score (nSPS) is 16.3. The molecule has 1 aromatic carbocycles. The van der Waals surface area contributed by atoms with Crippen molar-refractivity contribution in [3.63, 3.8) is 0 Å². The lowest BCUT2D eigenvalue weighted by atomic mass is 10.0. The average molecular weight is 416 g/mol. The molecule has 7 nitrogen and oxygen atoms in total. The Bertz CT molecular complexity index is 885. The molecule has 1 fully saturated rings. The maximum absolute atomic E-state index is 12.9. The summed E-state index contributed by atoms with van der Waals surface area (Å²) in [4.78, 5) is 14.9. The zero-order valence-electron chi connectivity index (χ0n) is 16.7. The number of hydrogen-bond donors (Lipinski definition) is 0. The Morgan fingerprint density at radius 2 is 1.93 bits per heavy atom. The highest BCUT2D eigenvalue weighted by atomic mass is 32.2. The first-order valence-electron chi connectivity index (χ1n) is 9.89. The monoisotopic (exact) mass is 415 g/mol. The summed E-state index contributed by atoms with van der Waals surface area (Å²) in [5.41, 5.74) is 1.90. The van der Waals surface area contributed by atoms with Crippen LogP contribution in [-0.4, -0.2) is 47.0 Å². The van der Waals surface area contributed by atoms with Crippen LogP contribution in [0.1, 0.15) is 38.5 Å². The van der Waals surface area contributed by atoms with Crippen LogP contribution in [0, 0.1) is 0 Å². The number of carbonyl (C=O) groups excluding carboxylic acids is 1. The van der Waals surface area contributed by atoms with Gasteiger partial charge in [0.1, 0.15) is 11.5 Å². The number of aromatic nitrogens is 2. The molecular weight excluding hydrogens is 390 g/mol. The lowest BCUT2D eigenvalue weighted by Gasteiger charge is -2.27. The molecule has 0 saturated heterocycles. The van der Waals surface area contributed by atoms with Gasteiger partial charge in [0.2, 0.25) is 11.8 Å². The number of hydrogen-bond acceptors (Lipinski definition) is 7. The van der Waals surface area contributed by atoms with Gasteiger partial charge >= 0.3 is 0 Å². The van der Waals surface area contributed by atoms with E-state index >= 15 is 0 Å². The van der Waals surface area contributed by atoms with Crippen LogP contribution < -0.4 is 9.47 Å². The smallest absolute Gasteiger partial charge is 0.277 e. The molecule has 4 rings (SSSR count).